The fourth-order valence-corrected chi connectivity index (χ4v) is 4.77. The van der Waals surface area contributed by atoms with Crippen molar-refractivity contribution in [2.45, 2.75) is 12.6 Å². The van der Waals surface area contributed by atoms with Gasteiger partial charge in [-0.15, -0.1) is 11.3 Å². The van der Waals surface area contributed by atoms with E-state index in [-0.39, 0.29) is 24.4 Å². The highest BCUT2D eigenvalue weighted by Crippen LogP contribution is 2.37. The van der Waals surface area contributed by atoms with E-state index in [1.54, 1.807) is 17.5 Å². The van der Waals surface area contributed by atoms with E-state index in [2.05, 4.69) is 0 Å². The lowest BCUT2D eigenvalue weighted by molar-refractivity contribution is -0.140. The van der Waals surface area contributed by atoms with Crippen molar-refractivity contribution in [3.8, 4) is 11.1 Å². The summed E-state index contributed by atoms with van der Waals surface area (Å²) in [6.45, 7) is 0.0861. The van der Waals surface area contributed by atoms with Crippen LogP contribution in [0.2, 0.25) is 0 Å². The van der Waals surface area contributed by atoms with Gasteiger partial charge in [-0.3, -0.25) is 14.5 Å². The van der Waals surface area contributed by atoms with Gasteiger partial charge >= 0.3 is 6.18 Å². The molecule has 29 heavy (non-hydrogen) atoms. The van der Waals surface area contributed by atoms with Crippen molar-refractivity contribution in [3.05, 3.63) is 50.8 Å². The molecule has 0 radical (unpaired) electrons. The monoisotopic (exact) mass is 460 g/mol. The molecule has 0 atom stereocenters. The molecule has 2 aromatic rings. The molecule has 2 N–H and O–H groups in total. The molecule has 1 aromatic heterocycles. The molecule has 2 heterocycles. The number of nitrogens with zero attached hydrogens (tertiary/aromatic N) is 1. The van der Waals surface area contributed by atoms with Crippen LogP contribution >= 0.6 is 35.3 Å². The molecule has 3 rings (SSSR count). The number of halogens is 4. The van der Waals surface area contributed by atoms with Gasteiger partial charge in [-0.2, -0.15) is 13.2 Å². The van der Waals surface area contributed by atoms with Crippen LogP contribution in [0.25, 0.3) is 17.2 Å². The first-order valence-corrected chi connectivity index (χ1v) is 10.2. The summed E-state index contributed by atoms with van der Waals surface area (Å²) in [5, 5.41) is 1.62. The second-order valence-corrected chi connectivity index (χ2v) is 8.60. The normalized spacial score (nSPS) is 16.1. The van der Waals surface area contributed by atoms with Gasteiger partial charge in [0.05, 0.1) is 10.5 Å². The number of carbonyl (C=O) groups is 2. The van der Waals surface area contributed by atoms with Gasteiger partial charge < -0.3 is 5.73 Å². The lowest BCUT2D eigenvalue weighted by Crippen LogP contribution is -2.31. The van der Waals surface area contributed by atoms with Crippen LogP contribution in [-0.4, -0.2) is 27.6 Å². The molecular weight excluding hydrogens is 448 g/mol. The van der Waals surface area contributed by atoms with E-state index in [0.717, 1.165) is 23.9 Å². The average Bonchev–Trinajstić information content (AvgIpc) is 3.18. The van der Waals surface area contributed by atoms with Crippen LogP contribution in [0.4, 0.5) is 17.6 Å². The third kappa shape index (κ3) is 4.85. The third-order valence-corrected chi connectivity index (χ3v) is 6.21. The summed E-state index contributed by atoms with van der Waals surface area (Å²) in [6, 6.07) is 4.40. The minimum Gasteiger partial charge on any atom is -0.370 e. The maximum Gasteiger partial charge on any atom is 0.419 e. The Morgan fingerprint density at radius 2 is 1.97 bits per heavy atom. The number of amides is 2. The summed E-state index contributed by atoms with van der Waals surface area (Å²) < 4.78 is 52.5. The minimum absolute atomic E-state index is 0.0189. The Morgan fingerprint density at radius 3 is 2.62 bits per heavy atom. The minimum atomic E-state index is -4.79. The Labute approximate surface area is 176 Å². The van der Waals surface area contributed by atoms with Crippen LogP contribution in [0.1, 0.15) is 16.9 Å². The highest BCUT2D eigenvalue weighted by molar-refractivity contribution is 8.26. The molecular formula is C18H12F4N2O2S3. The number of rotatable bonds is 5. The Bertz CT molecular complexity index is 1030. The van der Waals surface area contributed by atoms with E-state index in [1.807, 2.05) is 0 Å². The molecule has 1 aliphatic heterocycles. The number of carbonyl (C=O) groups excluding carboxylic acids is 2. The fraction of sp³-hybridized carbons (Fsp3) is 0.167. The van der Waals surface area contributed by atoms with E-state index in [9.17, 15) is 27.2 Å². The number of nitrogens with two attached hydrogens (primary N) is 1. The summed E-state index contributed by atoms with van der Waals surface area (Å²) in [4.78, 5) is 25.6. The molecule has 2 amide bonds. The Hall–Kier alpha value is -2.24. The van der Waals surface area contributed by atoms with Crippen LogP contribution in [0, 0.1) is 5.82 Å². The second kappa shape index (κ2) is 8.25. The lowest BCUT2D eigenvalue weighted by atomic mass is 10.0. The van der Waals surface area contributed by atoms with Crippen LogP contribution in [-0.2, 0) is 15.8 Å². The van der Waals surface area contributed by atoms with Gasteiger partial charge in [0.1, 0.15) is 10.1 Å². The molecule has 0 spiro atoms. The van der Waals surface area contributed by atoms with Gasteiger partial charge in [-0.25, -0.2) is 4.39 Å². The van der Waals surface area contributed by atoms with E-state index in [0.29, 0.717) is 19.7 Å². The van der Waals surface area contributed by atoms with Crippen molar-refractivity contribution >= 4 is 57.5 Å². The molecule has 0 unspecified atom stereocenters. The number of primary amides is 1. The summed E-state index contributed by atoms with van der Waals surface area (Å²) in [6.07, 6.45) is -3.24. The van der Waals surface area contributed by atoms with Gasteiger partial charge in [-0.05, 0) is 40.8 Å². The third-order valence-electron chi connectivity index (χ3n) is 3.95. The summed E-state index contributed by atoms with van der Waals surface area (Å²) in [5.74, 6) is -2.25. The number of thioether (sulfide) groups is 1. The van der Waals surface area contributed by atoms with Gasteiger partial charge in [0.2, 0.25) is 5.91 Å². The molecule has 1 fully saturated rings. The molecule has 11 heteroatoms. The van der Waals surface area contributed by atoms with Crippen molar-refractivity contribution < 1.29 is 27.2 Å². The number of hydrogen-bond donors (Lipinski definition) is 1. The zero-order valence-electron chi connectivity index (χ0n) is 14.5. The highest BCUT2D eigenvalue weighted by atomic mass is 32.2. The standard InChI is InChI=1S/C18H12F4N2O2S3/c19-13-2-1-9(6-12(13)18(20,21)22)10-5-11(28-8-10)7-14-16(26)24(17(27)29-14)4-3-15(23)25/h1-2,5-8H,3-4H2,(H2,23,25). The predicted molar refractivity (Wildman–Crippen MR) is 108 cm³/mol. The number of thiophene rings is 1. The first-order valence-electron chi connectivity index (χ1n) is 8.05. The van der Waals surface area contributed by atoms with E-state index in [1.165, 1.54) is 22.3 Å². The molecule has 1 aliphatic rings. The largest absolute Gasteiger partial charge is 0.419 e. The first kappa shape index (κ1) is 21.5. The zero-order valence-corrected chi connectivity index (χ0v) is 16.9. The summed E-state index contributed by atoms with van der Waals surface area (Å²) in [7, 11) is 0. The Morgan fingerprint density at radius 1 is 1.24 bits per heavy atom. The SMILES string of the molecule is NC(=O)CCN1C(=O)C(=Cc2cc(-c3ccc(F)c(C(F)(F)F)c3)cs2)SC1=S. The van der Waals surface area contributed by atoms with Crippen molar-refractivity contribution in [1.29, 1.82) is 0 Å². The van der Waals surface area contributed by atoms with E-state index >= 15 is 0 Å². The summed E-state index contributed by atoms with van der Waals surface area (Å²) in [5.41, 5.74) is 4.44. The zero-order chi connectivity index (χ0) is 21.3. The number of thiocarbonyl (C=S) groups is 1. The van der Waals surface area contributed by atoms with Crippen LogP contribution in [0.3, 0.4) is 0 Å². The van der Waals surface area contributed by atoms with Crippen molar-refractivity contribution in [2.75, 3.05) is 6.54 Å². The van der Waals surface area contributed by atoms with Crippen LogP contribution < -0.4 is 5.73 Å². The van der Waals surface area contributed by atoms with Crippen molar-refractivity contribution in [2.24, 2.45) is 5.73 Å². The highest BCUT2D eigenvalue weighted by Gasteiger charge is 2.34. The smallest absolute Gasteiger partial charge is 0.370 e. The van der Waals surface area contributed by atoms with Gasteiger partial charge in [-0.1, -0.05) is 30.0 Å². The van der Waals surface area contributed by atoms with Crippen LogP contribution in [0.15, 0.2) is 34.6 Å². The lowest BCUT2D eigenvalue weighted by Gasteiger charge is -2.12. The van der Waals surface area contributed by atoms with Gasteiger partial charge in [0, 0.05) is 17.8 Å². The van der Waals surface area contributed by atoms with Crippen LogP contribution in [0.5, 0.6) is 0 Å². The quantitative estimate of drug-likeness (QED) is 0.401. The second-order valence-electron chi connectivity index (χ2n) is 5.98. The topological polar surface area (TPSA) is 63.4 Å². The number of hydrogen-bond acceptors (Lipinski definition) is 5. The maximum absolute atomic E-state index is 13.5. The summed E-state index contributed by atoms with van der Waals surface area (Å²) >= 11 is 7.43. The average molecular weight is 460 g/mol. The molecule has 1 saturated heterocycles. The maximum atomic E-state index is 13.5. The molecule has 152 valence electrons. The fourth-order valence-electron chi connectivity index (χ4n) is 2.55. The number of benzene rings is 1. The first-order chi connectivity index (χ1) is 13.6. The molecule has 1 aromatic carbocycles. The predicted octanol–water partition coefficient (Wildman–Crippen LogP) is 4.65. The van der Waals surface area contributed by atoms with Crippen molar-refractivity contribution in [3.63, 3.8) is 0 Å². The Kier molecular flexibility index (Phi) is 6.11. The number of alkyl halides is 3. The van der Waals surface area contributed by atoms with Gasteiger partial charge in [0.15, 0.2) is 0 Å². The van der Waals surface area contributed by atoms with E-state index in [4.69, 9.17) is 18.0 Å². The molecule has 0 saturated carbocycles. The molecule has 0 bridgehead atoms. The molecule has 0 aliphatic carbocycles. The Balaban J connectivity index is 1.83. The van der Waals surface area contributed by atoms with E-state index < -0.39 is 23.5 Å². The van der Waals surface area contributed by atoms with Gasteiger partial charge in [0.25, 0.3) is 5.91 Å². The molecule has 4 nitrogen and oxygen atoms in total. The van der Waals surface area contributed by atoms with Crippen molar-refractivity contribution in [1.82, 2.24) is 4.90 Å².